The quantitative estimate of drug-likeness (QED) is 0.581. The van der Waals surface area contributed by atoms with E-state index >= 15 is 0 Å². The molecular formula is C16H19N3O4S. The van der Waals surface area contributed by atoms with Crippen LogP contribution in [0.15, 0.2) is 28.5 Å². The van der Waals surface area contributed by atoms with E-state index in [9.17, 15) is 4.79 Å². The molecule has 24 heavy (non-hydrogen) atoms. The number of nitrogens with zero attached hydrogens (tertiary/aromatic N) is 3. The summed E-state index contributed by atoms with van der Waals surface area (Å²) in [7, 11) is 4.36. The minimum atomic E-state index is -0.441. The second-order valence-electron chi connectivity index (χ2n) is 5.06. The van der Waals surface area contributed by atoms with Gasteiger partial charge in [-0.1, -0.05) is 13.8 Å². The monoisotopic (exact) mass is 349 g/mol. The molecule has 0 saturated carbocycles. The molecule has 0 aliphatic rings. The van der Waals surface area contributed by atoms with Gasteiger partial charge in [-0.25, -0.2) is 9.78 Å². The highest BCUT2D eigenvalue weighted by Gasteiger charge is 2.22. The van der Waals surface area contributed by atoms with Crippen molar-refractivity contribution in [2.75, 3.05) is 21.3 Å². The van der Waals surface area contributed by atoms with Crippen LogP contribution >= 0.6 is 11.8 Å². The van der Waals surface area contributed by atoms with E-state index in [1.54, 1.807) is 12.3 Å². The molecule has 128 valence electrons. The molecule has 2 rings (SSSR count). The van der Waals surface area contributed by atoms with Gasteiger partial charge >= 0.3 is 5.97 Å². The lowest BCUT2D eigenvalue weighted by molar-refractivity contribution is 0.0594. The van der Waals surface area contributed by atoms with E-state index in [0.29, 0.717) is 27.5 Å². The van der Waals surface area contributed by atoms with E-state index < -0.39 is 5.97 Å². The van der Waals surface area contributed by atoms with Crippen LogP contribution in [-0.4, -0.2) is 42.3 Å². The fourth-order valence-electron chi connectivity index (χ4n) is 2.05. The minimum Gasteiger partial charge on any atom is -0.481 e. The van der Waals surface area contributed by atoms with E-state index in [4.69, 9.17) is 14.2 Å². The summed E-state index contributed by atoms with van der Waals surface area (Å²) >= 11 is 1.15. The van der Waals surface area contributed by atoms with Crippen LogP contribution in [0.25, 0.3) is 0 Å². The Labute approximate surface area is 144 Å². The van der Waals surface area contributed by atoms with Gasteiger partial charge in [0.05, 0.1) is 33.0 Å². The Hall–Kier alpha value is -2.35. The van der Waals surface area contributed by atoms with Gasteiger partial charge in [0.15, 0.2) is 0 Å². The Morgan fingerprint density at radius 2 is 1.75 bits per heavy atom. The zero-order valence-corrected chi connectivity index (χ0v) is 15.0. The molecule has 0 N–H and O–H groups in total. The van der Waals surface area contributed by atoms with Crippen molar-refractivity contribution in [3.05, 3.63) is 29.5 Å². The van der Waals surface area contributed by atoms with Gasteiger partial charge in [-0.15, -0.1) is 0 Å². The first-order chi connectivity index (χ1) is 11.5. The number of esters is 1. The van der Waals surface area contributed by atoms with Gasteiger partial charge in [0.25, 0.3) is 0 Å². The van der Waals surface area contributed by atoms with Gasteiger partial charge in [-0.2, -0.15) is 9.97 Å². The Balaban J connectivity index is 2.50. The molecule has 0 amide bonds. The summed E-state index contributed by atoms with van der Waals surface area (Å²) < 4.78 is 15.2. The van der Waals surface area contributed by atoms with Gasteiger partial charge < -0.3 is 14.2 Å². The zero-order chi connectivity index (χ0) is 17.7. The fraction of sp³-hybridized carbons (Fsp3) is 0.375. The zero-order valence-electron chi connectivity index (χ0n) is 14.2. The predicted octanol–water partition coefficient (Wildman–Crippen LogP) is 2.95. The molecule has 0 spiro atoms. The molecule has 0 aliphatic carbocycles. The summed E-state index contributed by atoms with van der Waals surface area (Å²) in [5, 5.41) is 0.841. The summed E-state index contributed by atoms with van der Waals surface area (Å²) in [5.74, 6) is 0.430. The number of hydrogen-bond acceptors (Lipinski definition) is 8. The summed E-state index contributed by atoms with van der Waals surface area (Å²) in [6.45, 7) is 4.00. The third-order valence-corrected chi connectivity index (χ3v) is 4.09. The largest absolute Gasteiger partial charge is 0.481 e. The van der Waals surface area contributed by atoms with Gasteiger partial charge in [0.1, 0.15) is 5.03 Å². The van der Waals surface area contributed by atoms with E-state index in [2.05, 4.69) is 15.0 Å². The molecule has 7 nitrogen and oxygen atoms in total. The Morgan fingerprint density at radius 1 is 1.12 bits per heavy atom. The number of ether oxygens (including phenoxy) is 3. The van der Waals surface area contributed by atoms with Crippen LogP contribution in [0, 0.1) is 0 Å². The maximum absolute atomic E-state index is 12.2. The second-order valence-corrected chi connectivity index (χ2v) is 6.02. The van der Waals surface area contributed by atoms with Gasteiger partial charge in [0, 0.05) is 6.20 Å². The smallest absolute Gasteiger partial charge is 0.340 e. The van der Waals surface area contributed by atoms with E-state index in [-0.39, 0.29) is 5.92 Å². The molecule has 0 bridgehead atoms. The molecular weight excluding hydrogens is 330 g/mol. The molecule has 0 atom stereocenters. The molecule has 0 aromatic carbocycles. The number of carbonyl (C=O) groups is 1. The Bertz CT molecular complexity index is 715. The SMILES string of the molecule is COC(=O)c1c(C(C)C)ccnc1Sc1nc(OC)cc(OC)n1. The average molecular weight is 349 g/mol. The lowest BCUT2D eigenvalue weighted by Gasteiger charge is -2.14. The van der Waals surface area contributed by atoms with Crippen LogP contribution in [0.3, 0.4) is 0 Å². The molecule has 2 aromatic heterocycles. The summed E-state index contributed by atoms with van der Waals surface area (Å²) in [4.78, 5) is 25.0. The first-order valence-corrected chi connectivity index (χ1v) is 8.03. The molecule has 0 unspecified atom stereocenters. The summed E-state index contributed by atoms with van der Waals surface area (Å²) in [5.41, 5.74) is 1.28. The van der Waals surface area contributed by atoms with Gasteiger partial charge in [-0.3, -0.25) is 0 Å². The summed E-state index contributed by atoms with van der Waals surface area (Å²) in [6.07, 6.45) is 1.65. The number of carbonyl (C=O) groups excluding carboxylic acids is 1. The van der Waals surface area contributed by atoms with Crippen LogP contribution < -0.4 is 9.47 Å². The van der Waals surface area contributed by atoms with Crippen molar-refractivity contribution < 1.29 is 19.0 Å². The third-order valence-electron chi connectivity index (χ3n) is 3.22. The molecule has 8 heteroatoms. The average Bonchev–Trinajstić information content (AvgIpc) is 2.60. The van der Waals surface area contributed by atoms with Crippen molar-refractivity contribution in [1.82, 2.24) is 15.0 Å². The Kier molecular flexibility index (Phi) is 5.97. The van der Waals surface area contributed by atoms with Crippen LogP contribution in [0.2, 0.25) is 0 Å². The number of hydrogen-bond donors (Lipinski definition) is 0. The first kappa shape index (κ1) is 18.0. The second kappa shape index (κ2) is 7.96. The molecule has 2 heterocycles. The van der Waals surface area contributed by atoms with Gasteiger partial charge in [-0.05, 0) is 29.3 Å². The molecule has 2 aromatic rings. The Morgan fingerprint density at radius 3 is 2.25 bits per heavy atom. The maximum atomic E-state index is 12.2. The number of rotatable bonds is 6. The van der Waals surface area contributed by atoms with Crippen molar-refractivity contribution in [3.63, 3.8) is 0 Å². The highest BCUT2D eigenvalue weighted by Crippen LogP contribution is 2.33. The van der Waals surface area contributed by atoms with Crippen LogP contribution in [0.1, 0.15) is 35.7 Å². The van der Waals surface area contributed by atoms with Crippen molar-refractivity contribution >= 4 is 17.7 Å². The highest BCUT2D eigenvalue weighted by molar-refractivity contribution is 7.99. The van der Waals surface area contributed by atoms with Crippen molar-refractivity contribution in [2.45, 2.75) is 29.9 Å². The minimum absolute atomic E-state index is 0.141. The topological polar surface area (TPSA) is 83.4 Å². The third kappa shape index (κ3) is 3.94. The molecule has 0 fully saturated rings. The number of pyridine rings is 1. The van der Waals surface area contributed by atoms with E-state index in [0.717, 1.165) is 17.3 Å². The normalized spacial score (nSPS) is 10.6. The predicted molar refractivity (Wildman–Crippen MR) is 88.9 cm³/mol. The number of aromatic nitrogens is 3. The van der Waals surface area contributed by atoms with E-state index in [1.165, 1.54) is 21.3 Å². The fourth-order valence-corrected chi connectivity index (χ4v) is 2.91. The summed E-state index contributed by atoms with van der Waals surface area (Å²) in [6, 6.07) is 3.39. The van der Waals surface area contributed by atoms with Crippen LogP contribution in [0.4, 0.5) is 0 Å². The molecule has 0 aliphatic heterocycles. The first-order valence-electron chi connectivity index (χ1n) is 7.22. The number of methoxy groups -OCH3 is 3. The van der Waals surface area contributed by atoms with Crippen LogP contribution in [-0.2, 0) is 4.74 Å². The van der Waals surface area contributed by atoms with Crippen molar-refractivity contribution in [2.24, 2.45) is 0 Å². The highest BCUT2D eigenvalue weighted by atomic mass is 32.2. The molecule has 0 radical (unpaired) electrons. The maximum Gasteiger partial charge on any atom is 0.340 e. The van der Waals surface area contributed by atoms with Crippen LogP contribution in [0.5, 0.6) is 11.8 Å². The standard InChI is InChI=1S/C16H19N3O4S/c1-9(2)10-6-7-17-14(13(10)15(20)23-5)24-16-18-11(21-3)8-12(19-16)22-4/h6-9H,1-5H3. The van der Waals surface area contributed by atoms with Crippen molar-refractivity contribution in [1.29, 1.82) is 0 Å². The van der Waals surface area contributed by atoms with Gasteiger partial charge in [0.2, 0.25) is 16.9 Å². The lowest BCUT2D eigenvalue weighted by Crippen LogP contribution is -2.10. The van der Waals surface area contributed by atoms with Crippen molar-refractivity contribution in [3.8, 4) is 11.8 Å². The lowest BCUT2D eigenvalue weighted by atomic mass is 9.99. The van der Waals surface area contributed by atoms with E-state index in [1.807, 2.05) is 19.9 Å². The molecule has 0 saturated heterocycles.